The molecule has 2 aromatic heterocycles. The third kappa shape index (κ3) is 9.49. The van der Waals surface area contributed by atoms with Crippen molar-refractivity contribution < 1.29 is 38.5 Å². The number of cyclic esters (lactones) is 1. The molecule has 338 valence electrons. The number of methoxy groups -OCH3 is 1. The Bertz CT molecular complexity index is 2360. The van der Waals surface area contributed by atoms with Crippen LogP contribution in [-0.2, 0) is 52.8 Å². The normalized spacial score (nSPS) is 22.7. The monoisotopic (exact) mass is 864 g/mol. The number of amides is 3. The molecule has 3 amide bonds. The van der Waals surface area contributed by atoms with Crippen LogP contribution in [0.15, 0.2) is 54.7 Å². The van der Waals surface area contributed by atoms with Gasteiger partial charge in [-0.15, -0.1) is 0 Å². The van der Waals surface area contributed by atoms with Crippen LogP contribution >= 0.6 is 0 Å². The highest BCUT2D eigenvalue weighted by atomic mass is 16.5. The minimum absolute atomic E-state index is 0.00577. The third-order valence-corrected chi connectivity index (χ3v) is 13.0. The van der Waals surface area contributed by atoms with Gasteiger partial charge in [-0.2, -0.15) is 0 Å². The van der Waals surface area contributed by atoms with E-state index in [4.69, 9.17) is 19.2 Å². The molecule has 3 aliphatic heterocycles. The lowest BCUT2D eigenvalue weighted by Crippen LogP contribution is -2.62. The number of fused-ring (bicyclic) bond motifs is 6. The number of phenols is 1. The van der Waals surface area contributed by atoms with E-state index in [1.165, 1.54) is 9.91 Å². The number of nitrogens with zero attached hydrogens (tertiary/aromatic N) is 4. The molecule has 4 aromatic rings. The summed E-state index contributed by atoms with van der Waals surface area (Å²) in [6, 6.07) is 12.7. The van der Waals surface area contributed by atoms with Gasteiger partial charge in [-0.1, -0.05) is 46.8 Å². The number of esters is 1. The highest BCUT2D eigenvalue weighted by Crippen LogP contribution is 2.42. The van der Waals surface area contributed by atoms with E-state index < -0.39 is 47.4 Å². The largest absolute Gasteiger partial charge is 0.508 e. The number of hydrogen-bond donors (Lipinski definition) is 3. The highest BCUT2D eigenvalue weighted by Gasteiger charge is 2.41. The fraction of sp³-hybridized carbons (Fsp3) is 0.531. The van der Waals surface area contributed by atoms with E-state index in [0.29, 0.717) is 44.5 Å². The van der Waals surface area contributed by atoms with Crippen molar-refractivity contribution in [1.29, 1.82) is 0 Å². The summed E-state index contributed by atoms with van der Waals surface area (Å²) in [5.74, 6) is -1.98. The van der Waals surface area contributed by atoms with Crippen molar-refractivity contribution in [3.8, 4) is 28.1 Å². The van der Waals surface area contributed by atoms with Crippen LogP contribution in [0.3, 0.4) is 0 Å². The molecule has 3 N–H and O–H groups in total. The van der Waals surface area contributed by atoms with Gasteiger partial charge in [0.2, 0.25) is 5.91 Å². The van der Waals surface area contributed by atoms with Gasteiger partial charge >= 0.3 is 5.97 Å². The average Bonchev–Trinajstić information content (AvgIpc) is 3.83. The molecule has 0 aliphatic carbocycles. The first kappa shape index (κ1) is 45.7. The standard InChI is InChI=1S/C49H64N6O8/c1-10-54-40-16-15-32-25-36(40)37(43(54)35-13-11-18-50-41(35)30(5)61-9)26-49(6,7)27-63-48(60)38-14-12-19-55(52-38)46(58)39(23-31-21-33(32)24-34(56)22-31)51-45(57)42(28(2)3)53(8)47(59)44-29(4)17-20-62-44/h11,13,15-16,18,21-22,24-25,28-30,38-39,42,44,52,56H,10,12,14,17,19-20,23,26-27H2,1-9H3,(H,51,57)/t29-,30-,38-,39-,42-,44+/m0/s1. The second-order valence-corrected chi connectivity index (χ2v) is 18.7. The number of carbonyl (C=O) groups is 4. The van der Waals surface area contributed by atoms with Crippen molar-refractivity contribution in [3.05, 3.63) is 71.5 Å². The second kappa shape index (κ2) is 18.8. The molecule has 0 saturated carbocycles. The molecule has 0 spiro atoms. The quantitative estimate of drug-likeness (QED) is 0.161. The zero-order valence-electron chi connectivity index (χ0n) is 38.2. The van der Waals surface area contributed by atoms with Crippen LogP contribution in [-0.4, -0.2) is 106 Å². The fourth-order valence-corrected chi connectivity index (χ4v) is 9.60. The van der Waals surface area contributed by atoms with Crippen LogP contribution in [0.25, 0.3) is 33.3 Å². The zero-order valence-corrected chi connectivity index (χ0v) is 38.2. The fourth-order valence-electron chi connectivity index (χ4n) is 9.60. The first-order valence-corrected chi connectivity index (χ1v) is 22.4. The van der Waals surface area contributed by atoms with E-state index in [1.54, 1.807) is 32.5 Å². The summed E-state index contributed by atoms with van der Waals surface area (Å²) in [7, 11) is 3.28. The molecule has 14 nitrogen and oxygen atoms in total. The van der Waals surface area contributed by atoms with Gasteiger partial charge in [0.05, 0.1) is 24.1 Å². The number of pyridine rings is 1. The number of carbonyl (C=O) groups excluding carboxylic acids is 4. The van der Waals surface area contributed by atoms with Crippen LogP contribution in [0.4, 0.5) is 0 Å². The van der Waals surface area contributed by atoms with Crippen LogP contribution in [0, 0.1) is 17.3 Å². The maximum atomic E-state index is 14.6. The van der Waals surface area contributed by atoms with E-state index >= 15 is 0 Å². The van der Waals surface area contributed by atoms with Crippen molar-refractivity contribution in [2.75, 3.05) is 33.9 Å². The molecule has 2 saturated heterocycles. The lowest BCUT2D eigenvalue weighted by atomic mass is 9.84. The van der Waals surface area contributed by atoms with Crippen molar-refractivity contribution in [3.63, 3.8) is 0 Å². The summed E-state index contributed by atoms with van der Waals surface area (Å²) in [5.41, 5.74) is 9.66. The van der Waals surface area contributed by atoms with Gasteiger partial charge < -0.3 is 34.1 Å². The van der Waals surface area contributed by atoms with Crippen molar-refractivity contribution >= 4 is 34.6 Å². The summed E-state index contributed by atoms with van der Waals surface area (Å²) in [6.45, 7) is 15.5. The number of phenolic OH excluding ortho intramolecular Hbond substituents is 1. The number of rotatable bonds is 9. The summed E-state index contributed by atoms with van der Waals surface area (Å²) >= 11 is 0. The van der Waals surface area contributed by atoms with E-state index in [2.05, 4.69) is 54.3 Å². The molecule has 0 radical (unpaired) electrons. The lowest BCUT2D eigenvalue weighted by Gasteiger charge is -2.37. The van der Waals surface area contributed by atoms with Crippen LogP contribution in [0.2, 0.25) is 0 Å². The molecule has 0 unspecified atom stereocenters. The molecule has 63 heavy (non-hydrogen) atoms. The molecule has 2 aromatic carbocycles. The topological polar surface area (TPSA) is 165 Å². The van der Waals surface area contributed by atoms with Crippen LogP contribution in [0.5, 0.6) is 5.75 Å². The van der Waals surface area contributed by atoms with Crippen molar-refractivity contribution in [2.45, 2.75) is 117 Å². The molecular weight excluding hydrogens is 801 g/mol. The molecule has 5 heterocycles. The van der Waals surface area contributed by atoms with E-state index in [-0.39, 0.29) is 42.6 Å². The molecule has 6 atom stereocenters. The van der Waals surface area contributed by atoms with E-state index in [0.717, 1.165) is 51.0 Å². The van der Waals surface area contributed by atoms with Gasteiger partial charge in [0.15, 0.2) is 0 Å². The smallest absolute Gasteiger partial charge is 0.324 e. The van der Waals surface area contributed by atoms with Crippen molar-refractivity contribution in [2.24, 2.45) is 17.3 Å². The number of aromatic nitrogens is 2. The Morgan fingerprint density at radius 2 is 1.87 bits per heavy atom. The maximum absolute atomic E-state index is 14.6. The molecule has 6 bridgehead atoms. The maximum Gasteiger partial charge on any atom is 0.324 e. The summed E-state index contributed by atoms with van der Waals surface area (Å²) < 4.78 is 20.0. The summed E-state index contributed by atoms with van der Waals surface area (Å²) in [4.78, 5) is 62.9. The van der Waals surface area contributed by atoms with Gasteiger partial charge in [-0.3, -0.25) is 29.2 Å². The number of likely N-dealkylation sites (N-methyl/N-ethyl adjacent to an activating group) is 1. The SMILES string of the molecule is CCn1c(-c2cccnc2[C@H](C)OC)c2c3cc(ccc31)-c1cc(O)cc(c1)C[C@H](NC(=O)[C@H](C(C)C)N(C)C(=O)[C@@H]1OCC[C@@H]1C)C(=O)N1CCC[C@H](N1)C(=O)OCC(C)(C)C2. The van der Waals surface area contributed by atoms with E-state index in [1.807, 2.05) is 45.9 Å². The Morgan fingerprint density at radius 3 is 2.57 bits per heavy atom. The highest BCUT2D eigenvalue weighted by molar-refractivity contribution is 5.96. The third-order valence-electron chi connectivity index (χ3n) is 13.0. The zero-order chi connectivity index (χ0) is 45.3. The molecule has 7 rings (SSSR count). The Morgan fingerprint density at radius 1 is 1.10 bits per heavy atom. The lowest BCUT2D eigenvalue weighted by molar-refractivity contribution is -0.155. The predicted molar refractivity (Wildman–Crippen MR) is 240 cm³/mol. The van der Waals surface area contributed by atoms with Gasteiger partial charge in [-0.25, -0.2) is 5.43 Å². The molecule has 14 heteroatoms. The van der Waals surface area contributed by atoms with Crippen molar-refractivity contribution in [1.82, 2.24) is 30.2 Å². The van der Waals surface area contributed by atoms with Crippen LogP contribution in [0.1, 0.15) is 90.7 Å². The number of ether oxygens (including phenoxy) is 3. The van der Waals surface area contributed by atoms with Gasteiger partial charge in [0.25, 0.3) is 11.8 Å². The second-order valence-electron chi connectivity index (χ2n) is 18.7. The van der Waals surface area contributed by atoms with Crippen LogP contribution < -0.4 is 10.7 Å². The van der Waals surface area contributed by atoms with E-state index in [9.17, 15) is 24.3 Å². The minimum atomic E-state index is -1.13. The van der Waals surface area contributed by atoms with Gasteiger partial charge in [0.1, 0.15) is 30.0 Å². The Balaban J connectivity index is 1.34. The number of aromatic hydroxyl groups is 1. The summed E-state index contributed by atoms with van der Waals surface area (Å²) in [6.07, 6.45) is 3.16. The first-order chi connectivity index (χ1) is 30.0. The minimum Gasteiger partial charge on any atom is -0.508 e. The number of aryl methyl sites for hydroxylation is 1. The van der Waals surface area contributed by atoms with Gasteiger partial charge in [-0.05, 0) is 110 Å². The average molecular weight is 865 g/mol. The molecular formula is C49H64N6O8. The molecule has 3 aliphatic rings. The predicted octanol–water partition coefficient (Wildman–Crippen LogP) is 6.36. The summed E-state index contributed by atoms with van der Waals surface area (Å²) in [5, 5.41) is 16.7. The first-order valence-electron chi connectivity index (χ1n) is 22.4. The number of hydrogen-bond acceptors (Lipinski definition) is 10. The Kier molecular flexibility index (Phi) is 13.6. The Hall–Kier alpha value is -5.31. The number of hydrazine groups is 1. The Labute approximate surface area is 370 Å². The van der Waals surface area contributed by atoms with Gasteiger partial charge in [0, 0.05) is 68.4 Å². The number of benzene rings is 2. The molecule has 2 fully saturated rings. The number of nitrogens with one attached hydrogen (secondary N) is 2.